The Bertz CT molecular complexity index is 568. The van der Waals surface area contributed by atoms with Crippen LogP contribution < -0.4 is 10.2 Å². The fourth-order valence-electron chi connectivity index (χ4n) is 2.67. The van der Waals surface area contributed by atoms with Gasteiger partial charge in [-0.3, -0.25) is 9.69 Å². The van der Waals surface area contributed by atoms with Crippen molar-refractivity contribution in [3.05, 3.63) is 23.9 Å². The summed E-state index contributed by atoms with van der Waals surface area (Å²) < 4.78 is 4.96. The van der Waals surface area contributed by atoms with E-state index < -0.39 is 0 Å². The zero-order valence-corrected chi connectivity index (χ0v) is 15.3. The van der Waals surface area contributed by atoms with Crippen molar-refractivity contribution in [1.82, 2.24) is 15.2 Å². The molecule has 0 aromatic carbocycles. The maximum atomic E-state index is 12.0. The van der Waals surface area contributed by atoms with Crippen molar-refractivity contribution in [2.75, 3.05) is 44.2 Å². The summed E-state index contributed by atoms with van der Waals surface area (Å²) in [5, 5.41) is 3.00. The van der Waals surface area contributed by atoms with Gasteiger partial charge in [-0.05, 0) is 32.4 Å². The number of hydrogen-bond donors (Lipinski definition) is 1. The number of aromatic nitrogens is 1. The Labute approximate surface area is 149 Å². The second kappa shape index (κ2) is 9.36. The summed E-state index contributed by atoms with van der Waals surface area (Å²) in [7, 11) is 0. The number of anilines is 1. The van der Waals surface area contributed by atoms with Gasteiger partial charge in [0.25, 0.3) is 0 Å². The van der Waals surface area contributed by atoms with Gasteiger partial charge in [0.15, 0.2) is 0 Å². The Balaban J connectivity index is 1.81. The lowest BCUT2D eigenvalue weighted by atomic mass is 10.2. The Morgan fingerprint density at radius 1 is 1.24 bits per heavy atom. The van der Waals surface area contributed by atoms with Gasteiger partial charge >= 0.3 is 5.97 Å². The monoisotopic (exact) mass is 348 g/mol. The van der Waals surface area contributed by atoms with Gasteiger partial charge in [-0.25, -0.2) is 9.78 Å². The first-order chi connectivity index (χ1) is 12.0. The van der Waals surface area contributed by atoms with Gasteiger partial charge in [0, 0.05) is 38.4 Å². The van der Waals surface area contributed by atoms with E-state index in [-0.39, 0.29) is 17.9 Å². The number of ether oxygens (including phenoxy) is 1. The van der Waals surface area contributed by atoms with Crippen molar-refractivity contribution >= 4 is 17.7 Å². The first-order valence-electron chi connectivity index (χ1n) is 8.93. The lowest BCUT2D eigenvalue weighted by Crippen LogP contribution is -2.50. The van der Waals surface area contributed by atoms with Gasteiger partial charge in [0.1, 0.15) is 5.82 Å². The van der Waals surface area contributed by atoms with E-state index in [1.165, 1.54) is 0 Å². The average Bonchev–Trinajstić information content (AvgIpc) is 2.62. The molecule has 25 heavy (non-hydrogen) atoms. The normalized spacial score (nSPS) is 16.4. The predicted molar refractivity (Wildman–Crippen MR) is 96.7 cm³/mol. The van der Waals surface area contributed by atoms with Crippen LogP contribution in [0.25, 0.3) is 0 Å². The summed E-state index contributed by atoms with van der Waals surface area (Å²) in [5.41, 5.74) is 0.464. The van der Waals surface area contributed by atoms with Crippen molar-refractivity contribution in [3.8, 4) is 0 Å². The van der Waals surface area contributed by atoms with Crippen LogP contribution in [0.5, 0.6) is 0 Å². The number of carbonyl (C=O) groups excluding carboxylic acids is 2. The number of amides is 1. The number of rotatable bonds is 7. The zero-order chi connectivity index (χ0) is 18.2. The second-order valence-corrected chi connectivity index (χ2v) is 6.27. The van der Waals surface area contributed by atoms with Crippen molar-refractivity contribution in [1.29, 1.82) is 0 Å². The van der Waals surface area contributed by atoms with Crippen LogP contribution in [-0.2, 0) is 9.53 Å². The maximum absolute atomic E-state index is 12.0. The van der Waals surface area contributed by atoms with Crippen LogP contribution in [0.1, 0.15) is 37.6 Å². The summed E-state index contributed by atoms with van der Waals surface area (Å²) in [5.74, 6) is 0.579. The van der Waals surface area contributed by atoms with Crippen molar-refractivity contribution < 1.29 is 14.3 Å². The van der Waals surface area contributed by atoms with Gasteiger partial charge in [-0.2, -0.15) is 0 Å². The molecule has 0 saturated carbocycles. The number of piperazine rings is 1. The quantitative estimate of drug-likeness (QED) is 0.749. The Hall–Kier alpha value is -2.15. The minimum Gasteiger partial charge on any atom is -0.462 e. The van der Waals surface area contributed by atoms with Crippen LogP contribution in [0.15, 0.2) is 18.3 Å². The molecule has 2 heterocycles. The smallest absolute Gasteiger partial charge is 0.339 e. The van der Waals surface area contributed by atoms with Gasteiger partial charge in [-0.15, -0.1) is 0 Å². The summed E-state index contributed by atoms with van der Waals surface area (Å²) >= 11 is 0. The number of nitrogens with one attached hydrogen (secondary N) is 1. The Kier molecular flexibility index (Phi) is 7.18. The average molecular weight is 348 g/mol. The molecule has 7 nitrogen and oxygen atoms in total. The third kappa shape index (κ3) is 5.70. The highest BCUT2D eigenvalue weighted by molar-refractivity contribution is 5.89. The molecule has 1 atom stereocenters. The third-order valence-electron chi connectivity index (χ3n) is 4.34. The van der Waals surface area contributed by atoms with Crippen LogP contribution >= 0.6 is 0 Å². The summed E-state index contributed by atoms with van der Waals surface area (Å²) in [6.07, 6.45) is 2.49. The van der Waals surface area contributed by atoms with E-state index >= 15 is 0 Å². The summed E-state index contributed by atoms with van der Waals surface area (Å²) in [6.45, 7) is 9.89. The maximum Gasteiger partial charge on any atom is 0.339 e. The molecule has 7 heteroatoms. The number of hydrogen-bond acceptors (Lipinski definition) is 6. The third-order valence-corrected chi connectivity index (χ3v) is 4.34. The van der Waals surface area contributed by atoms with Crippen LogP contribution in [-0.4, -0.2) is 67.1 Å². The highest BCUT2D eigenvalue weighted by Crippen LogP contribution is 2.14. The predicted octanol–water partition coefficient (Wildman–Crippen LogP) is 1.29. The van der Waals surface area contributed by atoms with Gasteiger partial charge in [-0.1, -0.05) is 6.92 Å². The molecule has 0 aliphatic carbocycles. The van der Waals surface area contributed by atoms with Crippen LogP contribution in [0.2, 0.25) is 0 Å². The molecule has 1 aromatic heterocycles. The van der Waals surface area contributed by atoms with Crippen molar-refractivity contribution in [3.63, 3.8) is 0 Å². The molecule has 1 saturated heterocycles. The minimum absolute atomic E-state index is 0.0831. The lowest BCUT2D eigenvalue weighted by Gasteiger charge is -2.35. The summed E-state index contributed by atoms with van der Waals surface area (Å²) in [6, 6.07) is 3.81. The van der Waals surface area contributed by atoms with E-state index in [1.54, 1.807) is 19.2 Å². The minimum atomic E-state index is -0.348. The highest BCUT2D eigenvalue weighted by atomic mass is 16.5. The first-order valence-corrected chi connectivity index (χ1v) is 8.93. The van der Waals surface area contributed by atoms with Crippen LogP contribution in [0, 0.1) is 0 Å². The fraction of sp³-hybridized carbons (Fsp3) is 0.611. The molecular formula is C18H28N4O3. The molecule has 1 aliphatic heterocycles. The SMILES string of the molecule is CCOC(=O)c1ccc(N2CCN(CC(=O)N[C@H](C)CC)CC2)nc1. The van der Waals surface area contributed by atoms with E-state index in [2.05, 4.69) is 27.0 Å². The van der Waals surface area contributed by atoms with Gasteiger partial charge in [0.2, 0.25) is 5.91 Å². The Morgan fingerprint density at radius 3 is 2.52 bits per heavy atom. The van der Waals surface area contributed by atoms with Crippen LogP contribution in [0.4, 0.5) is 5.82 Å². The fourth-order valence-corrected chi connectivity index (χ4v) is 2.67. The highest BCUT2D eigenvalue weighted by Gasteiger charge is 2.20. The first kappa shape index (κ1) is 19.2. The van der Waals surface area contributed by atoms with Crippen molar-refractivity contribution in [2.45, 2.75) is 33.2 Å². The molecule has 1 amide bonds. The molecule has 2 rings (SSSR count). The number of carbonyl (C=O) groups is 2. The van der Waals surface area contributed by atoms with Crippen LogP contribution in [0.3, 0.4) is 0 Å². The van der Waals surface area contributed by atoms with E-state index in [1.807, 2.05) is 13.0 Å². The molecule has 138 valence electrons. The molecule has 0 bridgehead atoms. The molecule has 1 fully saturated rings. The molecule has 1 aliphatic rings. The van der Waals surface area contributed by atoms with E-state index in [4.69, 9.17) is 4.74 Å². The number of esters is 1. The van der Waals surface area contributed by atoms with E-state index in [0.29, 0.717) is 18.7 Å². The number of pyridine rings is 1. The molecule has 0 radical (unpaired) electrons. The van der Waals surface area contributed by atoms with Gasteiger partial charge in [0.05, 0.1) is 18.7 Å². The summed E-state index contributed by atoms with van der Waals surface area (Å²) in [4.78, 5) is 32.3. The van der Waals surface area contributed by atoms with E-state index in [9.17, 15) is 9.59 Å². The molecule has 0 unspecified atom stereocenters. The lowest BCUT2D eigenvalue weighted by molar-refractivity contribution is -0.122. The molecule has 1 aromatic rings. The molecule has 0 spiro atoms. The van der Waals surface area contributed by atoms with Gasteiger partial charge < -0.3 is 15.0 Å². The molecular weight excluding hydrogens is 320 g/mol. The zero-order valence-electron chi connectivity index (χ0n) is 15.3. The van der Waals surface area contributed by atoms with Crippen molar-refractivity contribution in [2.24, 2.45) is 0 Å². The number of nitrogens with zero attached hydrogens (tertiary/aromatic N) is 3. The standard InChI is InChI=1S/C18H28N4O3/c1-4-14(3)20-17(23)13-21-8-10-22(11-9-21)16-7-6-15(12-19-16)18(24)25-5-2/h6-7,12,14H,4-5,8-11,13H2,1-3H3,(H,20,23)/t14-/m1/s1. The van der Waals surface area contributed by atoms with E-state index in [0.717, 1.165) is 38.4 Å². The topological polar surface area (TPSA) is 74.8 Å². The largest absolute Gasteiger partial charge is 0.462 e. The second-order valence-electron chi connectivity index (χ2n) is 6.27. The molecule has 1 N–H and O–H groups in total. The Morgan fingerprint density at radius 2 is 1.96 bits per heavy atom.